The molecule has 1 saturated heterocycles. The molecule has 2 N–H and O–H groups in total. The third kappa shape index (κ3) is 3.99. The lowest BCUT2D eigenvalue weighted by Gasteiger charge is -2.26. The average molecular weight is 418 g/mol. The van der Waals surface area contributed by atoms with Gasteiger partial charge < -0.3 is 5.11 Å². The Morgan fingerprint density at radius 1 is 1.03 bits per heavy atom. The molecule has 0 amide bonds. The van der Waals surface area contributed by atoms with Gasteiger partial charge in [-0.15, -0.1) is 0 Å². The minimum atomic E-state index is 0.271. The van der Waals surface area contributed by atoms with Crippen molar-refractivity contribution in [3.05, 3.63) is 59.8 Å². The van der Waals surface area contributed by atoms with Crippen molar-refractivity contribution in [2.75, 3.05) is 18.5 Å². The molecule has 4 aromatic rings. The van der Waals surface area contributed by atoms with E-state index < -0.39 is 0 Å². The number of thiazole rings is 1. The number of hydrogen-bond acceptors (Lipinski definition) is 7. The molecule has 0 atom stereocenters. The first-order valence-corrected chi connectivity index (χ1v) is 11.1. The van der Waals surface area contributed by atoms with Crippen molar-refractivity contribution in [1.29, 1.82) is 0 Å². The van der Waals surface area contributed by atoms with Gasteiger partial charge in [-0.25, -0.2) is 9.97 Å². The van der Waals surface area contributed by atoms with E-state index in [0.717, 1.165) is 45.9 Å². The fraction of sp³-hybridized carbons (Fsp3) is 0.261. The van der Waals surface area contributed by atoms with Gasteiger partial charge in [0.25, 0.3) is 0 Å². The first-order valence-electron chi connectivity index (χ1n) is 10.2. The predicted octanol–water partition coefficient (Wildman–Crippen LogP) is 4.98. The number of hydrazone groups is 1. The Kier molecular flexibility index (Phi) is 5.29. The zero-order chi connectivity index (χ0) is 20.3. The standard InChI is InChI=1S/C23H23N5OS/c29-22-17(15-28-12-4-1-5-13-28)9-8-16-10-11-18(25-21(16)22)14-24-27-23-26-19-6-2-3-7-20(19)30-23/h2-3,6-11,14,29H,1,4-5,12-13,15H2,(H,26,27)/b24-14+. The number of phenolic OH excluding ortho intramolecular Hbond substituents is 1. The molecule has 1 aliphatic rings. The van der Waals surface area contributed by atoms with Crippen LogP contribution in [0.3, 0.4) is 0 Å². The lowest BCUT2D eigenvalue weighted by atomic mass is 10.1. The highest BCUT2D eigenvalue weighted by Gasteiger charge is 2.14. The SMILES string of the molecule is Oc1c(CN2CCCCC2)ccc2ccc(/C=N/Nc3nc4ccccc4s3)nc12. The quantitative estimate of drug-likeness (QED) is 0.354. The lowest BCUT2D eigenvalue weighted by molar-refractivity contribution is 0.218. The summed E-state index contributed by atoms with van der Waals surface area (Å²) in [7, 11) is 0. The molecule has 2 aromatic heterocycles. The Labute approximate surface area is 178 Å². The monoisotopic (exact) mass is 417 g/mol. The number of nitrogens with zero attached hydrogens (tertiary/aromatic N) is 4. The van der Waals surface area contributed by atoms with Crippen molar-refractivity contribution in [3.8, 4) is 5.75 Å². The van der Waals surface area contributed by atoms with Gasteiger partial charge in [-0.1, -0.05) is 48.1 Å². The molecule has 0 saturated carbocycles. The number of nitrogens with one attached hydrogen (secondary N) is 1. The molecule has 1 aliphatic heterocycles. The van der Waals surface area contributed by atoms with Crippen molar-refractivity contribution < 1.29 is 5.11 Å². The topological polar surface area (TPSA) is 73.6 Å². The zero-order valence-corrected chi connectivity index (χ0v) is 17.4. The molecular formula is C23H23N5OS. The molecule has 5 rings (SSSR count). The number of benzene rings is 2. The van der Waals surface area contributed by atoms with Gasteiger partial charge in [0.2, 0.25) is 5.13 Å². The molecule has 1 fully saturated rings. The number of anilines is 1. The number of hydrogen-bond donors (Lipinski definition) is 2. The Morgan fingerprint density at radius 2 is 1.87 bits per heavy atom. The van der Waals surface area contributed by atoms with E-state index in [9.17, 15) is 5.11 Å². The molecule has 0 bridgehead atoms. The maximum atomic E-state index is 10.8. The van der Waals surface area contributed by atoms with Crippen molar-refractivity contribution >= 4 is 43.8 Å². The van der Waals surface area contributed by atoms with Crippen LogP contribution in [-0.4, -0.2) is 39.3 Å². The maximum Gasteiger partial charge on any atom is 0.204 e. The van der Waals surface area contributed by atoms with Crippen LogP contribution in [0.15, 0.2) is 53.6 Å². The van der Waals surface area contributed by atoms with E-state index in [4.69, 9.17) is 0 Å². The van der Waals surface area contributed by atoms with Gasteiger partial charge in [-0.05, 0) is 44.1 Å². The number of likely N-dealkylation sites (tertiary alicyclic amines) is 1. The Hall–Kier alpha value is -3.03. The van der Waals surface area contributed by atoms with Crippen LogP contribution < -0.4 is 5.43 Å². The van der Waals surface area contributed by atoms with Crippen molar-refractivity contribution in [2.45, 2.75) is 25.8 Å². The highest BCUT2D eigenvalue weighted by molar-refractivity contribution is 7.22. The number of fused-ring (bicyclic) bond motifs is 2. The highest BCUT2D eigenvalue weighted by atomic mass is 32.1. The molecule has 152 valence electrons. The van der Waals surface area contributed by atoms with E-state index in [1.807, 2.05) is 48.5 Å². The van der Waals surface area contributed by atoms with Crippen LogP contribution in [0.2, 0.25) is 0 Å². The number of phenols is 1. The van der Waals surface area contributed by atoms with E-state index in [-0.39, 0.29) is 5.75 Å². The van der Waals surface area contributed by atoms with Crippen molar-refractivity contribution in [2.24, 2.45) is 5.10 Å². The van der Waals surface area contributed by atoms with Gasteiger partial charge in [-0.3, -0.25) is 10.3 Å². The highest BCUT2D eigenvalue weighted by Crippen LogP contribution is 2.29. The normalized spacial score (nSPS) is 15.3. The summed E-state index contributed by atoms with van der Waals surface area (Å²) in [6, 6.07) is 15.9. The molecule has 3 heterocycles. The van der Waals surface area contributed by atoms with Gasteiger partial charge in [0.1, 0.15) is 11.3 Å². The van der Waals surface area contributed by atoms with Gasteiger partial charge in [0, 0.05) is 17.5 Å². The fourth-order valence-corrected chi connectivity index (χ4v) is 4.68. The first kappa shape index (κ1) is 19.0. The maximum absolute atomic E-state index is 10.8. The summed E-state index contributed by atoms with van der Waals surface area (Å²) in [5.74, 6) is 0.271. The Balaban J connectivity index is 1.35. The Bertz CT molecular complexity index is 1180. The van der Waals surface area contributed by atoms with Gasteiger partial charge in [0.05, 0.1) is 22.1 Å². The van der Waals surface area contributed by atoms with Gasteiger partial charge >= 0.3 is 0 Å². The minimum absolute atomic E-state index is 0.271. The zero-order valence-electron chi connectivity index (χ0n) is 16.6. The van der Waals surface area contributed by atoms with Crippen LogP contribution in [-0.2, 0) is 6.54 Å². The van der Waals surface area contributed by atoms with Crippen molar-refractivity contribution in [1.82, 2.24) is 14.9 Å². The van der Waals surface area contributed by atoms with E-state index >= 15 is 0 Å². The number of aromatic nitrogens is 2. The third-order valence-electron chi connectivity index (χ3n) is 5.43. The molecule has 7 heteroatoms. The van der Waals surface area contributed by atoms with Crippen LogP contribution in [0.4, 0.5) is 5.13 Å². The molecule has 0 radical (unpaired) electrons. The fourth-order valence-electron chi connectivity index (χ4n) is 3.86. The molecular weight excluding hydrogens is 394 g/mol. The van der Waals surface area contributed by atoms with E-state index in [0.29, 0.717) is 11.2 Å². The number of para-hydroxylation sites is 1. The molecule has 0 aliphatic carbocycles. The molecule has 0 unspecified atom stereocenters. The van der Waals surface area contributed by atoms with Crippen LogP contribution in [0.25, 0.3) is 21.1 Å². The Morgan fingerprint density at radius 3 is 2.73 bits per heavy atom. The summed E-state index contributed by atoms with van der Waals surface area (Å²) in [5.41, 5.74) is 6.16. The van der Waals surface area contributed by atoms with Crippen LogP contribution >= 0.6 is 11.3 Å². The van der Waals surface area contributed by atoms with Crippen LogP contribution in [0.1, 0.15) is 30.5 Å². The molecule has 2 aromatic carbocycles. The smallest absolute Gasteiger partial charge is 0.204 e. The van der Waals surface area contributed by atoms with Gasteiger partial charge in [-0.2, -0.15) is 5.10 Å². The number of rotatable bonds is 5. The largest absolute Gasteiger partial charge is 0.505 e. The summed E-state index contributed by atoms with van der Waals surface area (Å²) >= 11 is 1.55. The summed E-state index contributed by atoms with van der Waals surface area (Å²) < 4.78 is 1.12. The average Bonchev–Trinajstić information content (AvgIpc) is 3.19. The van der Waals surface area contributed by atoms with Crippen LogP contribution in [0.5, 0.6) is 5.75 Å². The second kappa shape index (κ2) is 8.38. The third-order valence-corrected chi connectivity index (χ3v) is 6.38. The molecule has 0 spiro atoms. The van der Waals surface area contributed by atoms with Crippen LogP contribution in [0, 0.1) is 0 Å². The summed E-state index contributed by atoms with van der Waals surface area (Å²) in [4.78, 5) is 11.5. The second-order valence-electron chi connectivity index (χ2n) is 7.57. The number of piperidine rings is 1. The van der Waals surface area contributed by atoms with E-state index in [1.54, 1.807) is 17.6 Å². The molecule has 6 nitrogen and oxygen atoms in total. The summed E-state index contributed by atoms with van der Waals surface area (Å²) in [6.45, 7) is 2.95. The van der Waals surface area contributed by atoms with E-state index in [1.165, 1.54) is 19.3 Å². The first-order chi connectivity index (χ1) is 14.8. The summed E-state index contributed by atoms with van der Waals surface area (Å²) in [6.07, 6.45) is 5.42. The predicted molar refractivity (Wildman–Crippen MR) is 123 cm³/mol. The second-order valence-corrected chi connectivity index (χ2v) is 8.61. The van der Waals surface area contributed by atoms with Gasteiger partial charge in [0.15, 0.2) is 0 Å². The number of aromatic hydroxyl groups is 1. The minimum Gasteiger partial charge on any atom is -0.505 e. The van der Waals surface area contributed by atoms with E-state index in [2.05, 4.69) is 25.4 Å². The lowest BCUT2D eigenvalue weighted by Crippen LogP contribution is -2.29. The molecule has 30 heavy (non-hydrogen) atoms. The number of pyridine rings is 1. The van der Waals surface area contributed by atoms with Crippen molar-refractivity contribution in [3.63, 3.8) is 0 Å². The summed E-state index contributed by atoms with van der Waals surface area (Å²) in [5, 5.41) is 16.8.